The summed E-state index contributed by atoms with van der Waals surface area (Å²) in [7, 11) is 1.54. The first kappa shape index (κ1) is 21.2. The molecular formula is C24H19BrN2O3. The molecule has 0 heterocycles. The van der Waals surface area contributed by atoms with Crippen LogP contribution in [0.25, 0.3) is 6.08 Å². The van der Waals surface area contributed by atoms with Gasteiger partial charge in [0.1, 0.15) is 29.7 Å². The van der Waals surface area contributed by atoms with Crippen molar-refractivity contribution in [1.82, 2.24) is 0 Å². The van der Waals surface area contributed by atoms with Gasteiger partial charge in [-0.3, -0.25) is 4.79 Å². The van der Waals surface area contributed by atoms with Crippen LogP contribution in [0.1, 0.15) is 11.1 Å². The van der Waals surface area contributed by atoms with E-state index in [1.165, 1.54) is 13.2 Å². The Morgan fingerprint density at radius 3 is 2.50 bits per heavy atom. The first-order valence-electron chi connectivity index (χ1n) is 9.12. The van der Waals surface area contributed by atoms with E-state index < -0.39 is 5.91 Å². The Balaban J connectivity index is 1.67. The van der Waals surface area contributed by atoms with E-state index >= 15 is 0 Å². The van der Waals surface area contributed by atoms with Crippen molar-refractivity contribution >= 4 is 33.6 Å². The maximum absolute atomic E-state index is 12.5. The van der Waals surface area contributed by atoms with E-state index in [1.54, 1.807) is 36.4 Å². The van der Waals surface area contributed by atoms with E-state index in [2.05, 4.69) is 21.2 Å². The Morgan fingerprint density at radius 1 is 1.10 bits per heavy atom. The summed E-state index contributed by atoms with van der Waals surface area (Å²) >= 11 is 3.38. The third kappa shape index (κ3) is 5.72. The second-order valence-corrected chi connectivity index (χ2v) is 7.22. The van der Waals surface area contributed by atoms with Gasteiger partial charge in [-0.1, -0.05) is 46.3 Å². The summed E-state index contributed by atoms with van der Waals surface area (Å²) in [5.74, 6) is 0.753. The molecule has 0 aliphatic rings. The van der Waals surface area contributed by atoms with Gasteiger partial charge in [0.15, 0.2) is 0 Å². The highest BCUT2D eigenvalue weighted by molar-refractivity contribution is 9.10. The van der Waals surface area contributed by atoms with Crippen molar-refractivity contribution in [1.29, 1.82) is 5.26 Å². The van der Waals surface area contributed by atoms with Gasteiger partial charge in [0.05, 0.1) is 7.11 Å². The van der Waals surface area contributed by atoms with Crippen molar-refractivity contribution in [3.05, 3.63) is 94.0 Å². The molecule has 0 bridgehead atoms. The summed E-state index contributed by atoms with van der Waals surface area (Å²) in [4.78, 5) is 12.5. The molecule has 6 heteroatoms. The summed E-state index contributed by atoms with van der Waals surface area (Å²) in [5.41, 5.74) is 2.23. The van der Waals surface area contributed by atoms with Crippen LogP contribution in [0.3, 0.4) is 0 Å². The number of halogens is 1. The van der Waals surface area contributed by atoms with Crippen molar-refractivity contribution < 1.29 is 14.3 Å². The number of nitriles is 1. The van der Waals surface area contributed by atoms with E-state index in [0.717, 1.165) is 10.0 Å². The van der Waals surface area contributed by atoms with Crippen LogP contribution in [0.4, 0.5) is 5.69 Å². The Labute approximate surface area is 183 Å². The molecule has 0 spiro atoms. The number of benzene rings is 3. The number of carbonyl (C=O) groups is 1. The van der Waals surface area contributed by atoms with Crippen molar-refractivity contribution in [2.45, 2.75) is 6.61 Å². The topological polar surface area (TPSA) is 71.3 Å². The van der Waals surface area contributed by atoms with E-state index in [1.807, 2.05) is 42.5 Å². The van der Waals surface area contributed by atoms with Gasteiger partial charge in [-0.15, -0.1) is 0 Å². The van der Waals surface area contributed by atoms with Crippen molar-refractivity contribution in [2.75, 3.05) is 12.4 Å². The molecule has 1 N–H and O–H groups in total. The highest BCUT2D eigenvalue weighted by Gasteiger charge is 2.12. The molecule has 30 heavy (non-hydrogen) atoms. The maximum Gasteiger partial charge on any atom is 0.266 e. The molecule has 0 unspecified atom stereocenters. The molecule has 3 rings (SSSR count). The third-order valence-corrected chi connectivity index (χ3v) is 4.71. The number of rotatable bonds is 7. The quantitative estimate of drug-likeness (QED) is 0.367. The van der Waals surface area contributed by atoms with Gasteiger partial charge in [0.2, 0.25) is 0 Å². The van der Waals surface area contributed by atoms with Gasteiger partial charge in [-0.05, 0) is 54.1 Å². The largest absolute Gasteiger partial charge is 0.496 e. The standard InChI is InChI=1S/C24H19BrN2O3/c1-29-23-12-7-20(25)14-18(23)13-19(15-26)24(28)27-21-8-10-22(11-9-21)30-16-17-5-3-2-4-6-17/h2-14H,16H2,1H3,(H,27,28)/b19-13+. The van der Waals surface area contributed by atoms with Crippen molar-refractivity contribution in [2.24, 2.45) is 0 Å². The van der Waals surface area contributed by atoms with E-state index in [0.29, 0.717) is 29.4 Å². The molecule has 3 aromatic carbocycles. The van der Waals surface area contributed by atoms with Crippen LogP contribution in [0.5, 0.6) is 11.5 Å². The lowest BCUT2D eigenvalue weighted by molar-refractivity contribution is -0.112. The van der Waals surface area contributed by atoms with Crippen LogP contribution in [-0.2, 0) is 11.4 Å². The minimum atomic E-state index is -0.502. The molecule has 0 aromatic heterocycles. The number of anilines is 1. The van der Waals surface area contributed by atoms with Gasteiger partial charge in [-0.2, -0.15) is 5.26 Å². The van der Waals surface area contributed by atoms with E-state index in [4.69, 9.17) is 9.47 Å². The zero-order chi connectivity index (χ0) is 21.3. The normalized spacial score (nSPS) is 10.8. The minimum absolute atomic E-state index is 0.0317. The average Bonchev–Trinajstić information content (AvgIpc) is 2.77. The smallest absolute Gasteiger partial charge is 0.266 e. The van der Waals surface area contributed by atoms with Crippen molar-refractivity contribution in [3.8, 4) is 17.6 Å². The van der Waals surface area contributed by atoms with Gasteiger partial charge in [0, 0.05) is 15.7 Å². The monoisotopic (exact) mass is 462 g/mol. The predicted molar refractivity (Wildman–Crippen MR) is 120 cm³/mol. The lowest BCUT2D eigenvalue weighted by Gasteiger charge is -2.09. The lowest BCUT2D eigenvalue weighted by Crippen LogP contribution is -2.13. The lowest BCUT2D eigenvalue weighted by atomic mass is 10.1. The maximum atomic E-state index is 12.5. The molecule has 5 nitrogen and oxygen atoms in total. The fraction of sp³-hybridized carbons (Fsp3) is 0.0833. The summed E-state index contributed by atoms with van der Waals surface area (Å²) in [6, 6.07) is 24.2. The number of amides is 1. The molecule has 150 valence electrons. The molecule has 0 saturated carbocycles. The molecule has 0 radical (unpaired) electrons. The number of nitrogens with zero attached hydrogens (tertiary/aromatic N) is 1. The number of ether oxygens (including phenoxy) is 2. The fourth-order valence-electron chi connectivity index (χ4n) is 2.70. The Kier molecular flexibility index (Phi) is 7.25. The molecule has 1 amide bonds. The highest BCUT2D eigenvalue weighted by Crippen LogP contribution is 2.25. The summed E-state index contributed by atoms with van der Waals surface area (Å²) in [5, 5.41) is 12.2. The van der Waals surface area contributed by atoms with Gasteiger partial charge >= 0.3 is 0 Å². The third-order valence-electron chi connectivity index (χ3n) is 4.22. The van der Waals surface area contributed by atoms with Crippen LogP contribution in [0.2, 0.25) is 0 Å². The molecular weight excluding hydrogens is 444 g/mol. The second kappa shape index (κ2) is 10.3. The first-order chi connectivity index (χ1) is 14.6. The molecule has 3 aromatic rings. The number of carbonyl (C=O) groups excluding carboxylic acids is 1. The molecule has 0 aliphatic carbocycles. The molecule has 0 aliphatic heterocycles. The first-order valence-corrected chi connectivity index (χ1v) is 9.92. The van der Waals surface area contributed by atoms with Crippen LogP contribution in [0, 0.1) is 11.3 Å². The molecule has 0 fully saturated rings. The highest BCUT2D eigenvalue weighted by atomic mass is 79.9. The number of nitrogens with one attached hydrogen (secondary N) is 1. The predicted octanol–water partition coefficient (Wildman–Crippen LogP) is 5.58. The zero-order valence-corrected chi connectivity index (χ0v) is 17.8. The Bertz CT molecular complexity index is 1090. The minimum Gasteiger partial charge on any atom is -0.496 e. The SMILES string of the molecule is COc1ccc(Br)cc1/C=C(\C#N)C(=O)Nc1ccc(OCc2ccccc2)cc1. The molecule has 0 atom stereocenters. The average molecular weight is 463 g/mol. The Morgan fingerprint density at radius 2 is 1.83 bits per heavy atom. The number of hydrogen-bond donors (Lipinski definition) is 1. The van der Waals surface area contributed by atoms with Crippen molar-refractivity contribution in [3.63, 3.8) is 0 Å². The van der Waals surface area contributed by atoms with Crippen LogP contribution < -0.4 is 14.8 Å². The summed E-state index contributed by atoms with van der Waals surface area (Å²) in [6.07, 6.45) is 1.50. The zero-order valence-electron chi connectivity index (χ0n) is 16.3. The van der Waals surface area contributed by atoms with E-state index in [9.17, 15) is 10.1 Å². The fourth-order valence-corrected chi connectivity index (χ4v) is 3.07. The molecule has 0 saturated heterocycles. The van der Waals surface area contributed by atoms with Gasteiger partial charge < -0.3 is 14.8 Å². The second-order valence-electron chi connectivity index (χ2n) is 6.31. The summed E-state index contributed by atoms with van der Waals surface area (Å²) in [6.45, 7) is 0.461. The van der Waals surface area contributed by atoms with E-state index in [-0.39, 0.29) is 5.57 Å². The van der Waals surface area contributed by atoms with Gasteiger partial charge in [0.25, 0.3) is 5.91 Å². The van der Waals surface area contributed by atoms with Crippen LogP contribution in [0.15, 0.2) is 82.8 Å². The number of methoxy groups -OCH3 is 1. The Hall–Kier alpha value is -3.56. The number of hydrogen-bond acceptors (Lipinski definition) is 4. The van der Waals surface area contributed by atoms with Crippen LogP contribution >= 0.6 is 15.9 Å². The van der Waals surface area contributed by atoms with Gasteiger partial charge in [-0.25, -0.2) is 0 Å². The summed E-state index contributed by atoms with van der Waals surface area (Å²) < 4.78 is 11.9. The van der Waals surface area contributed by atoms with Crippen LogP contribution in [-0.4, -0.2) is 13.0 Å².